The molecule has 62 valence electrons. The van der Waals surface area contributed by atoms with Gasteiger partial charge in [-0.3, -0.25) is 5.10 Å². The van der Waals surface area contributed by atoms with Crippen molar-refractivity contribution in [3.63, 3.8) is 0 Å². The van der Waals surface area contributed by atoms with Crippen molar-refractivity contribution in [1.82, 2.24) is 10.2 Å². The van der Waals surface area contributed by atoms with Gasteiger partial charge in [0, 0.05) is 5.69 Å². The molecule has 0 spiro atoms. The van der Waals surface area contributed by atoms with E-state index in [2.05, 4.69) is 10.2 Å². The molecule has 0 amide bonds. The first-order chi connectivity index (χ1) is 5.24. The molecule has 0 aliphatic rings. The first-order valence-corrected chi connectivity index (χ1v) is 3.56. The van der Waals surface area contributed by atoms with Crippen LogP contribution in [-0.2, 0) is 6.42 Å². The standard InChI is InChI=1S/C7H10F2N2/c1-2-3-5-4-6(7(8)9)11-10-5/h4,7H,2-3H2,1H3,(H,10,11). The molecule has 0 saturated carbocycles. The lowest BCUT2D eigenvalue weighted by Gasteiger charge is -1.88. The molecule has 0 fully saturated rings. The van der Waals surface area contributed by atoms with E-state index in [9.17, 15) is 8.78 Å². The van der Waals surface area contributed by atoms with Crippen molar-refractivity contribution in [3.8, 4) is 0 Å². The first-order valence-electron chi connectivity index (χ1n) is 3.56. The van der Waals surface area contributed by atoms with E-state index in [-0.39, 0.29) is 5.69 Å². The lowest BCUT2D eigenvalue weighted by atomic mass is 10.2. The highest BCUT2D eigenvalue weighted by Crippen LogP contribution is 2.16. The van der Waals surface area contributed by atoms with Crippen LogP contribution < -0.4 is 0 Å². The molecule has 0 atom stereocenters. The van der Waals surface area contributed by atoms with Crippen LogP contribution in [0.4, 0.5) is 8.78 Å². The van der Waals surface area contributed by atoms with E-state index in [1.165, 1.54) is 6.07 Å². The molecule has 11 heavy (non-hydrogen) atoms. The van der Waals surface area contributed by atoms with Gasteiger partial charge in [0.25, 0.3) is 6.43 Å². The fourth-order valence-corrected chi connectivity index (χ4v) is 0.889. The monoisotopic (exact) mass is 160 g/mol. The molecule has 1 aromatic rings. The summed E-state index contributed by atoms with van der Waals surface area (Å²) in [5.41, 5.74) is 0.622. The van der Waals surface area contributed by atoms with Gasteiger partial charge in [-0.15, -0.1) is 0 Å². The average Bonchev–Trinajstić information content (AvgIpc) is 2.37. The molecular weight excluding hydrogens is 150 g/mol. The maximum absolute atomic E-state index is 11.9. The average molecular weight is 160 g/mol. The zero-order valence-electron chi connectivity index (χ0n) is 6.27. The van der Waals surface area contributed by atoms with Crippen molar-refractivity contribution >= 4 is 0 Å². The predicted octanol–water partition coefficient (Wildman–Crippen LogP) is 2.30. The van der Waals surface area contributed by atoms with Crippen LogP contribution in [0.3, 0.4) is 0 Å². The van der Waals surface area contributed by atoms with Crippen LogP contribution in [0.25, 0.3) is 0 Å². The molecule has 1 heterocycles. The second-order valence-corrected chi connectivity index (χ2v) is 2.37. The summed E-state index contributed by atoms with van der Waals surface area (Å²) in [5, 5.41) is 6.02. The third-order valence-electron chi connectivity index (χ3n) is 1.39. The zero-order valence-corrected chi connectivity index (χ0v) is 6.27. The van der Waals surface area contributed by atoms with E-state index in [4.69, 9.17) is 0 Å². The smallest absolute Gasteiger partial charge is 0.282 e. The van der Waals surface area contributed by atoms with E-state index in [1.807, 2.05) is 6.92 Å². The summed E-state index contributed by atoms with van der Waals surface area (Å²) in [7, 11) is 0. The number of aromatic amines is 1. The molecule has 2 nitrogen and oxygen atoms in total. The number of rotatable bonds is 3. The number of hydrogen-bond donors (Lipinski definition) is 1. The number of halogens is 2. The molecule has 0 saturated heterocycles. The molecule has 0 aromatic carbocycles. The minimum atomic E-state index is -2.46. The Balaban J connectivity index is 2.66. The number of alkyl halides is 2. The maximum Gasteiger partial charge on any atom is 0.282 e. The minimum absolute atomic E-state index is 0.159. The fourth-order valence-electron chi connectivity index (χ4n) is 0.889. The van der Waals surface area contributed by atoms with Gasteiger partial charge in [0.2, 0.25) is 0 Å². The van der Waals surface area contributed by atoms with E-state index in [0.717, 1.165) is 18.5 Å². The summed E-state index contributed by atoms with van der Waals surface area (Å²) >= 11 is 0. The lowest BCUT2D eigenvalue weighted by molar-refractivity contribution is 0.146. The van der Waals surface area contributed by atoms with Gasteiger partial charge in [0.1, 0.15) is 5.69 Å². The quantitative estimate of drug-likeness (QED) is 0.722. The van der Waals surface area contributed by atoms with Crippen molar-refractivity contribution in [2.75, 3.05) is 0 Å². The number of nitrogens with zero attached hydrogens (tertiary/aromatic N) is 1. The summed E-state index contributed by atoms with van der Waals surface area (Å²) in [5.74, 6) is 0. The molecule has 0 radical (unpaired) electrons. The van der Waals surface area contributed by atoms with Gasteiger partial charge < -0.3 is 0 Å². The van der Waals surface area contributed by atoms with Crippen LogP contribution in [0.5, 0.6) is 0 Å². The highest BCUT2D eigenvalue weighted by Gasteiger charge is 2.10. The second kappa shape index (κ2) is 3.46. The summed E-state index contributed by atoms with van der Waals surface area (Å²) in [4.78, 5) is 0. The molecule has 1 aromatic heterocycles. The Labute approximate surface area is 63.6 Å². The molecule has 4 heteroatoms. The van der Waals surface area contributed by atoms with Crippen molar-refractivity contribution in [3.05, 3.63) is 17.5 Å². The minimum Gasteiger partial charge on any atom is -0.282 e. The largest absolute Gasteiger partial charge is 0.282 e. The van der Waals surface area contributed by atoms with Gasteiger partial charge in [-0.25, -0.2) is 8.78 Å². The third-order valence-corrected chi connectivity index (χ3v) is 1.39. The SMILES string of the molecule is CCCc1cc(C(F)F)n[nH]1. The Bertz CT molecular complexity index is 220. The maximum atomic E-state index is 11.9. The Kier molecular flexibility index (Phi) is 2.57. The molecular formula is C7H10F2N2. The predicted molar refractivity (Wildman–Crippen MR) is 37.5 cm³/mol. The molecule has 1 rings (SSSR count). The van der Waals surface area contributed by atoms with Crippen molar-refractivity contribution in [2.45, 2.75) is 26.2 Å². The molecule has 1 N–H and O–H groups in total. The molecule has 0 aliphatic heterocycles. The van der Waals surface area contributed by atoms with E-state index < -0.39 is 6.43 Å². The number of H-pyrrole nitrogens is 1. The summed E-state index contributed by atoms with van der Waals surface area (Å²) in [6.07, 6.45) is -0.748. The number of aryl methyl sites for hydroxylation is 1. The number of aromatic nitrogens is 2. The highest BCUT2D eigenvalue weighted by molar-refractivity contribution is 5.09. The highest BCUT2D eigenvalue weighted by atomic mass is 19.3. The molecule has 0 aliphatic carbocycles. The van der Waals surface area contributed by atoms with Gasteiger partial charge in [-0.05, 0) is 12.5 Å². The van der Waals surface area contributed by atoms with Gasteiger partial charge in [-0.1, -0.05) is 13.3 Å². The van der Waals surface area contributed by atoms with Crippen LogP contribution in [0, 0.1) is 0 Å². The lowest BCUT2D eigenvalue weighted by Crippen LogP contribution is -1.81. The number of hydrogen-bond acceptors (Lipinski definition) is 1. The summed E-state index contributed by atoms with van der Waals surface area (Å²) in [6.45, 7) is 1.99. The normalized spacial score (nSPS) is 10.9. The van der Waals surface area contributed by atoms with Crippen LogP contribution in [0.15, 0.2) is 6.07 Å². The van der Waals surface area contributed by atoms with Gasteiger partial charge in [-0.2, -0.15) is 5.10 Å². The van der Waals surface area contributed by atoms with Crippen molar-refractivity contribution in [2.24, 2.45) is 0 Å². The van der Waals surface area contributed by atoms with Crippen LogP contribution >= 0.6 is 0 Å². The van der Waals surface area contributed by atoms with Crippen LogP contribution in [-0.4, -0.2) is 10.2 Å². The van der Waals surface area contributed by atoms with Crippen LogP contribution in [0.1, 0.15) is 31.2 Å². The van der Waals surface area contributed by atoms with Gasteiger partial charge in [0.05, 0.1) is 0 Å². The Morgan fingerprint density at radius 1 is 1.64 bits per heavy atom. The van der Waals surface area contributed by atoms with Gasteiger partial charge >= 0.3 is 0 Å². The fraction of sp³-hybridized carbons (Fsp3) is 0.571. The summed E-state index contributed by atoms with van der Waals surface area (Å²) in [6, 6.07) is 1.41. The topological polar surface area (TPSA) is 28.7 Å². The Morgan fingerprint density at radius 3 is 2.82 bits per heavy atom. The van der Waals surface area contributed by atoms with E-state index in [1.54, 1.807) is 0 Å². The van der Waals surface area contributed by atoms with Crippen LogP contribution in [0.2, 0.25) is 0 Å². The van der Waals surface area contributed by atoms with E-state index in [0.29, 0.717) is 0 Å². The summed E-state index contributed by atoms with van der Waals surface area (Å²) < 4.78 is 23.9. The first kappa shape index (κ1) is 8.17. The van der Waals surface area contributed by atoms with Crippen molar-refractivity contribution in [1.29, 1.82) is 0 Å². The Morgan fingerprint density at radius 2 is 2.36 bits per heavy atom. The zero-order chi connectivity index (χ0) is 8.27. The molecule has 0 bridgehead atoms. The van der Waals surface area contributed by atoms with E-state index >= 15 is 0 Å². The Hall–Kier alpha value is -0.930. The molecule has 0 unspecified atom stereocenters. The number of nitrogens with one attached hydrogen (secondary N) is 1. The van der Waals surface area contributed by atoms with Gasteiger partial charge in [0.15, 0.2) is 0 Å². The van der Waals surface area contributed by atoms with Crippen molar-refractivity contribution < 1.29 is 8.78 Å². The second-order valence-electron chi connectivity index (χ2n) is 2.37. The third kappa shape index (κ3) is 2.00.